The van der Waals surface area contributed by atoms with Gasteiger partial charge in [-0.15, -0.1) is 0 Å². The Hall–Kier alpha value is -2.36. The van der Waals surface area contributed by atoms with Crippen LogP contribution < -0.4 is 0 Å². The van der Waals surface area contributed by atoms with Crippen LogP contribution in [-0.4, -0.2) is 52.4 Å². The summed E-state index contributed by atoms with van der Waals surface area (Å²) in [6.07, 6.45) is -5.77. The minimum absolute atomic E-state index is 0.136. The molecule has 2 N–H and O–H groups in total. The second-order valence-electron chi connectivity index (χ2n) is 6.59. The Morgan fingerprint density at radius 3 is 2.14 bits per heavy atom. The summed E-state index contributed by atoms with van der Waals surface area (Å²) in [7, 11) is 0. The first kappa shape index (κ1) is 20.4. The molecule has 1 aliphatic heterocycles. The summed E-state index contributed by atoms with van der Waals surface area (Å²) in [5.74, 6) is 0. The zero-order chi connectivity index (χ0) is 19.9. The van der Waals surface area contributed by atoms with Crippen LogP contribution in [0.2, 0.25) is 0 Å². The Kier molecular flexibility index (Phi) is 7.07. The highest BCUT2D eigenvalue weighted by Gasteiger charge is 2.49. The van der Waals surface area contributed by atoms with Crippen LogP contribution >= 0.6 is 0 Å². The second kappa shape index (κ2) is 9.72. The molecule has 150 valence electrons. The summed E-state index contributed by atoms with van der Waals surface area (Å²) < 4.78 is 16.9. The quantitative estimate of drug-likeness (QED) is 0.494. The van der Waals surface area contributed by atoms with Crippen molar-refractivity contribution in [1.82, 2.24) is 0 Å². The molecule has 1 saturated heterocycles. The van der Waals surface area contributed by atoms with E-state index in [1.807, 2.05) is 60.7 Å². The maximum atomic E-state index is 11.1. The zero-order valence-electron chi connectivity index (χ0n) is 15.2. The summed E-state index contributed by atoms with van der Waals surface area (Å²) in [5, 5.41) is 31.3. The molecule has 0 spiro atoms. The van der Waals surface area contributed by atoms with Gasteiger partial charge in [-0.3, -0.25) is 10.1 Å². The van der Waals surface area contributed by atoms with E-state index in [0.29, 0.717) is 0 Å². The van der Waals surface area contributed by atoms with Gasteiger partial charge in [0.05, 0.1) is 13.2 Å². The molecule has 0 aromatic heterocycles. The third-order valence-electron chi connectivity index (χ3n) is 4.54. The monoisotopic (exact) mass is 389 g/mol. The molecule has 1 fully saturated rings. The number of nitro groups is 1. The van der Waals surface area contributed by atoms with Crippen LogP contribution in [0.5, 0.6) is 0 Å². The van der Waals surface area contributed by atoms with Gasteiger partial charge in [-0.25, -0.2) is 0 Å². The Morgan fingerprint density at radius 1 is 1.00 bits per heavy atom. The third kappa shape index (κ3) is 5.34. The van der Waals surface area contributed by atoms with E-state index in [1.54, 1.807) is 0 Å². The molecule has 28 heavy (non-hydrogen) atoms. The fraction of sp³-hybridized carbons (Fsp3) is 0.400. The molecule has 0 bridgehead atoms. The number of rotatable bonds is 9. The Labute approximate surface area is 162 Å². The predicted molar refractivity (Wildman–Crippen MR) is 98.8 cm³/mol. The minimum Gasteiger partial charge on any atom is -0.385 e. The highest BCUT2D eigenvalue weighted by atomic mass is 16.7. The van der Waals surface area contributed by atoms with Crippen LogP contribution in [0.3, 0.4) is 0 Å². The molecular weight excluding hydrogens is 366 g/mol. The molecule has 0 saturated carbocycles. The maximum Gasteiger partial charge on any atom is 0.232 e. The van der Waals surface area contributed by atoms with Crippen LogP contribution in [-0.2, 0) is 27.4 Å². The molecule has 8 heteroatoms. The van der Waals surface area contributed by atoms with Crippen molar-refractivity contribution in [2.24, 2.45) is 0 Å². The molecule has 2 aromatic rings. The lowest BCUT2D eigenvalue weighted by atomic mass is 10.0. The van der Waals surface area contributed by atoms with Gasteiger partial charge in [-0.2, -0.15) is 0 Å². The normalized spacial score (nSPS) is 25.5. The predicted octanol–water partition coefficient (Wildman–Crippen LogP) is 1.51. The molecular formula is C20H23NO7. The van der Waals surface area contributed by atoms with Gasteiger partial charge >= 0.3 is 0 Å². The Morgan fingerprint density at radius 2 is 1.57 bits per heavy atom. The van der Waals surface area contributed by atoms with E-state index < -0.39 is 42.2 Å². The van der Waals surface area contributed by atoms with Crippen molar-refractivity contribution in [3.05, 3.63) is 81.9 Å². The van der Waals surface area contributed by atoms with Crippen LogP contribution in [0.1, 0.15) is 11.1 Å². The van der Waals surface area contributed by atoms with E-state index in [9.17, 15) is 20.3 Å². The van der Waals surface area contributed by atoms with Gasteiger partial charge in [0.15, 0.2) is 12.4 Å². The number of ether oxygens (including phenoxy) is 3. The van der Waals surface area contributed by atoms with E-state index in [1.165, 1.54) is 0 Å². The molecule has 8 nitrogen and oxygen atoms in total. The van der Waals surface area contributed by atoms with E-state index in [0.717, 1.165) is 11.1 Å². The second-order valence-corrected chi connectivity index (χ2v) is 6.59. The molecule has 3 rings (SSSR count). The van der Waals surface area contributed by atoms with Gasteiger partial charge in [0, 0.05) is 4.92 Å². The fourth-order valence-corrected chi connectivity index (χ4v) is 3.11. The van der Waals surface area contributed by atoms with E-state index in [2.05, 4.69) is 0 Å². The lowest BCUT2D eigenvalue weighted by molar-refractivity contribution is -0.495. The summed E-state index contributed by atoms with van der Waals surface area (Å²) in [6, 6.07) is 18.5. The van der Waals surface area contributed by atoms with Crippen molar-refractivity contribution in [2.45, 2.75) is 43.9 Å². The summed E-state index contributed by atoms with van der Waals surface area (Å²) >= 11 is 0. The first-order chi connectivity index (χ1) is 13.5. The molecule has 0 radical (unpaired) electrons. The van der Waals surface area contributed by atoms with E-state index in [4.69, 9.17) is 14.2 Å². The molecule has 0 unspecified atom stereocenters. The van der Waals surface area contributed by atoms with Crippen LogP contribution in [0, 0.1) is 10.1 Å². The lowest BCUT2D eigenvalue weighted by Gasteiger charge is -2.26. The lowest BCUT2D eigenvalue weighted by Crippen LogP contribution is -2.45. The van der Waals surface area contributed by atoms with Gasteiger partial charge in [-0.1, -0.05) is 60.7 Å². The first-order valence-corrected chi connectivity index (χ1v) is 8.99. The molecule has 0 amide bonds. The van der Waals surface area contributed by atoms with Crippen molar-refractivity contribution >= 4 is 0 Å². The number of aliphatic hydroxyl groups excluding tert-OH is 2. The highest BCUT2D eigenvalue weighted by Crippen LogP contribution is 2.28. The van der Waals surface area contributed by atoms with Crippen molar-refractivity contribution in [3.8, 4) is 0 Å². The number of nitrogens with zero attached hydrogens (tertiary/aromatic N) is 1. The largest absolute Gasteiger partial charge is 0.385 e. The zero-order valence-corrected chi connectivity index (χ0v) is 15.2. The summed E-state index contributed by atoms with van der Waals surface area (Å²) in [4.78, 5) is 10.6. The van der Waals surface area contributed by atoms with Gasteiger partial charge in [0.2, 0.25) is 6.54 Å². The van der Waals surface area contributed by atoms with Crippen LogP contribution in [0.15, 0.2) is 60.7 Å². The average molecular weight is 389 g/mol. The SMILES string of the molecule is O=[N+]([O-])C[C@@H](OCc1ccccc1)[C@H]1O[C@H](O)[C@H](O)[C@H]1OCc1ccccc1. The van der Waals surface area contributed by atoms with Crippen LogP contribution in [0.4, 0.5) is 0 Å². The number of benzene rings is 2. The van der Waals surface area contributed by atoms with E-state index >= 15 is 0 Å². The third-order valence-corrected chi connectivity index (χ3v) is 4.54. The highest BCUT2D eigenvalue weighted by molar-refractivity contribution is 5.14. The molecule has 5 atom stereocenters. The molecule has 1 heterocycles. The number of hydrogen-bond acceptors (Lipinski definition) is 7. The van der Waals surface area contributed by atoms with Gasteiger partial charge in [0.25, 0.3) is 0 Å². The average Bonchev–Trinajstić information content (AvgIpc) is 2.99. The Bertz CT molecular complexity index is 743. The smallest absolute Gasteiger partial charge is 0.232 e. The van der Waals surface area contributed by atoms with Crippen molar-refractivity contribution < 1.29 is 29.3 Å². The summed E-state index contributed by atoms with van der Waals surface area (Å²) in [6.45, 7) is -0.238. The van der Waals surface area contributed by atoms with Gasteiger partial charge in [0.1, 0.15) is 18.3 Å². The minimum atomic E-state index is -1.50. The number of aliphatic hydroxyl groups is 2. The first-order valence-electron chi connectivity index (χ1n) is 8.99. The van der Waals surface area contributed by atoms with Crippen molar-refractivity contribution in [1.29, 1.82) is 0 Å². The van der Waals surface area contributed by atoms with Gasteiger partial charge in [-0.05, 0) is 11.1 Å². The molecule has 0 aliphatic carbocycles. The topological polar surface area (TPSA) is 111 Å². The summed E-state index contributed by atoms with van der Waals surface area (Å²) in [5.41, 5.74) is 1.71. The van der Waals surface area contributed by atoms with Gasteiger partial charge < -0.3 is 24.4 Å². The molecule has 1 aliphatic rings. The van der Waals surface area contributed by atoms with Crippen molar-refractivity contribution in [3.63, 3.8) is 0 Å². The fourth-order valence-electron chi connectivity index (χ4n) is 3.11. The van der Waals surface area contributed by atoms with Crippen molar-refractivity contribution in [2.75, 3.05) is 6.54 Å². The number of hydrogen-bond donors (Lipinski definition) is 2. The standard InChI is InChI=1S/C20H23NO7/c22-17-19(27-13-15-9-5-2-6-10-15)18(28-20(17)23)16(11-21(24)25)26-12-14-7-3-1-4-8-14/h1-10,16-20,22-23H,11-13H2/t16-,17-,18-,19-,20+/m1/s1. The Balaban J connectivity index is 1.70. The van der Waals surface area contributed by atoms with E-state index in [-0.39, 0.29) is 13.2 Å². The van der Waals surface area contributed by atoms with Crippen LogP contribution in [0.25, 0.3) is 0 Å². The maximum absolute atomic E-state index is 11.1. The molecule has 2 aromatic carbocycles.